The summed E-state index contributed by atoms with van der Waals surface area (Å²) >= 11 is 0. The van der Waals surface area contributed by atoms with Crippen LogP contribution in [0.4, 0.5) is 0 Å². The number of rotatable bonds is 6. The van der Waals surface area contributed by atoms with Crippen LogP contribution in [0.15, 0.2) is 48.5 Å². The van der Waals surface area contributed by atoms with Crippen molar-refractivity contribution in [3.63, 3.8) is 0 Å². The van der Waals surface area contributed by atoms with Crippen molar-refractivity contribution in [3.05, 3.63) is 71.3 Å². The summed E-state index contributed by atoms with van der Waals surface area (Å²) in [6.07, 6.45) is 0. The van der Waals surface area contributed by atoms with E-state index in [2.05, 4.69) is 100 Å². The summed E-state index contributed by atoms with van der Waals surface area (Å²) in [5.41, 5.74) is 8.37. The Labute approximate surface area is 198 Å². The third-order valence-corrected chi connectivity index (χ3v) is 6.14. The van der Waals surface area contributed by atoms with E-state index in [0.717, 1.165) is 51.5 Å². The molecule has 0 saturated heterocycles. The molecular weight excluding hydrogens is 424 g/mol. The van der Waals surface area contributed by atoms with Gasteiger partial charge in [0.25, 0.3) is 0 Å². The Bertz CT molecular complexity index is 1430. The van der Waals surface area contributed by atoms with E-state index in [1.165, 1.54) is 5.56 Å². The fourth-order valence-electron chi connectivity index (χ4n) is 4.36. The van der Waals surface area contributed by atoms with Crippen LogP contribution in [0.5, 0.6) is 0 Å². The predicted octanol–water partition coefficient (Wildman–Crippen LogP) is 5.28. The number of fused-ring (bicyclic) bond motifs is 1. The second-order valence-corrected chi connectivity index (χ2v) is 9.21. The van der Waals surface area contributed by atoms with E-state index in [-0.39, 0.29) is 11.8 Å². The molecule has 0 saturated carbocycles. The Morgan fingerprint density at radius 1 is 0.824 bits per heavy atom. The molecule has 1 N–H and O–H groups in total. The number of hydrogen-bond donors (Lipinski definition) is 1. The molecule has 8 nitrogen and oxygen atoms in total. The van der Waals surface area contributed by atoms with Gasteiger partial charge in [-0.2, -0.15) is 10.2 Å². The van der Waals surface area contributed by atoms with Crippen LogP contribution in [-0.2, 0) is 6.54 Å². The van der Waals surface area contributed by atoms with Crippen molar-refractivity contribution in [3.8, 4) is 22.5 Å². The van der Waals surface area contributed by atoms with Crippen LogP contribution in [-0.4, -0.2) is 40.4 Å². The number of aromatic amines is 1. The molecule has 172 valence electrons. The van der Waals surface area contributed by atoms with Gasteiger partial charge in [0.2, 0.25) is 0 Å². The molecule has 0 unspecified atom stereocenters. The van der Waals surface area contributed by atoms with Crippen molar-refractivity contribution < 1.29 is 0 Å². The Balaban J connectivity index is 1.53. The number of hydrogen-bond acceptors (Lipinski definition) is 6. The lowest BCUT2D eigenvalue weighted by atomic mass is 9.98. The van der Waals surface area contributed by atoms with Crippen LogP contribution < -0.4 is 0 Å². The van der Waals surface area contributed by atoms with Crippen molar-refractivity contribution in [2.24, 2.45) is 0 Å². The fourth-order valence-corrected chi connectivity index (χ4v) is 4.36. The number of nitrogens with one attached hydrogen (secondary N) is 1. The van der Waals surface area contributed by atoms with Crippen LogP contribution in [0.25, 0.3) is 33.5 Å². The van der Waals surface area contributed by atoms with E-state index < -0.39 is 0 Å². The van der Waals surface area contributed by atoms with Crippen molar-refractivity contribution in [1.29, 1.82) is 0 Å². The summed E-state index contributed by atoms with van der Waals surface area (Å²) in [4.78, 5) is 4.92. The molecule has 0 aliphatic rings. The minimum Gasteiger partial charge on any atom is -0.322 e. The molecule has 0 radical (unpaired) electrons. The zero-order valence-corrected chi connectivity index (χ0v) is 20.1. The van der Waals surface area contributed by atoms with Crippen molar-refractivity contribution in [2.45, 2.75) is 53.0 Å². The number of aryl methyl sites for hydroxylation is 1. The van der Waals surface area contributed by atoms with Crippen molar-refractivity contribution in [2.75, 3.05) is 0 Å². The molecule has 0 amide bonds. The zero-order valence-electron chi connectivity index (χ0n) is 20.1. The van der Waals surface area contributed by atoms with Gasteiger partial charge >= 0.3 is 0 Å². The topological polar surface area (TPSA) is 98.1 Å². The molecule has 34 heavy (non-hydrogen) atoms. The van der Waals surface area contributed by atoms with Gasteiger partial charge < -0.3 is 4.57 Å². The number of H-pyrrole nitrogens is 1. The van der Waals surface area contributed by atoms with Gasteiger partial charge in [-0.25, -0.2) is 10.1 Å². The van der Waals surface area contributed by atoms with Gasteiger partial charge in [-0.15, -0.1) is 5.10 Å². The monoisotopic (exact) mass is 452 g/mol. The second-order valence-electron chi connectivity index (χ2n) is 9.21. The largest absolute Gasteiger partial charge is 0.322 e. The summed E-state index contributed by atoms with van der Waals surface area (Å²) in [7, 11) is 0. The third-order valence-electron chi connectivity index (χ3n) is 6.14. The average molecular weight is 453 g/mol. The minimum absolute atomic E-state index is 0.260. The van der Waals surface area contributed by atoms with Crippen LogP contribution in [0.3, 0.4) is 0 Å². The van der Waals surface area contributed by atoms with Crippen molar-refractivity contribution in [1.82, 2.24) is 40.4 Å². The van der Waals surface area contributed by atoms with Gasteiger partial charge in [0.15, 0.2) is 5.82 Å². The first-order valence-corrected chi connectivity index (χ1v) is 11.6. The third kappa shape index (κ3) is 3.85. The van der Waals surface area contributed by atoms with E-state index in [1.54, 1.807) is 0 Å². The molecular formula is C26H28N8. The lowest BCUT2D eigenvalue weighted by molar-refractivity contribution is 0.730. The number of nitrogens with zero attached hydrogens (tertiary/aromatic N) is 7. The molecule has 8 heteroatoms. The highest BCUT2D eigenvalue weighted by Crippen LogP contribution is 2.32. The smallest absolute Gasteiger partial charge is 0.180 e. The van der Waals surface area contributed by atoms with E-state index in [0.29, 0.717) is 5.82 Å². The standard InChI is InChI=1S/C26H28N8/c1-15(2)22-24-25(23(16(3)4)29-28-22)34(17(5)27-24)14-18-10-12-19(13-11-18)20-8-6-7-9-21(20)26-30-32-33-31-26/h6-13,15-16H,14H2,1-5H3,(H,30,31,32,33). The van der Waals surface area contributed by atoms with E-state index in [4.69, 9.17) is 4.98 Å². The normalized spacial score (nSPS) is 11.7. The first-order chi connectivity index (χ1) is 16.4. The lowest BCUT2D eigenvalue weighted by Crippen LogP contribution is -2.08. The van der Waals surface area contributed by atoms with E-state index >= 15 is 0 Å². The maximum atomic E-state index is 4.92. The first-order valence-electron chi connectivity index (χ1n) is 11.6. The maximum Gasteiger partial charge on any atom is 0.180 e. The van der Waals surface area contributed by atoms with Gasteiger partial charge in [0.1, 0.15) is 11.3 Å². The molecule has 3 heterocycles. The van der Waals surface area contributed by atoms with E-state index in [1.807, 2.05) is 18.2 Å². The zero-order chi connectivity index (χ0) is 23.8. The van der Waals surface area contributed by atoms with Gasteiger partial charge in [-0.05, 0) is 45.9 Å². The minimum atomic E-state index is 0.260. The molecule has 5 rings (SSSR count). The first kappa shape index (κ1) is 21.9. The van der Waals surface area contributed by atoms with Crippen LogP contribution in [0.2, 0.25) is 0 Å². The SMILES string of the molecule is Cc1nc2c(C(C)C)nnc(C(C)C)c2n1Cc1ccc(-c2ccccc2-c2nnn[nH]2)cc1. The molecule has 0 atom stereocenters. The molecule has 3 aromatic heterocycles. The van der Waals surface area contributed by atoms with Gasteiger partial charge in [-0.3, -0.25) is 0 Å². The number of benzene rings is 2. The highest BCUT2D eigenvalue weighted by molar-refractivity contribution is 5.82. The molecule has 0 spiro atoms. The van der Waals surface area contributed by atoms with Crippen molar-refractivity contribution >= 4 is 11.0 Å². The van der Waals surface area contributed by atoms with Gasteiger partial charge in [0, 0.05) is 12.1 Å². The highest BCUT2D eigenvalue weighted by Gasteiger charge is 2.21. The second kappa shape index (κ2) is 8.78. The molecule has 5 aromatic rings. The summed E-state index contributed by atoms with van der Waals surface area (Å²) in [5, 5.41) is 23.5. The molecule has 0 fully saturated rings. The van der Waals surface area contributed by atoms with Gasteiger partial charge in [-0.1, -0.05) is 76.2 Å². The Morgan fingerprint density at radius 3 is 2.15 bits per heavy atom. The Kier molecular flexibility index (Phi) is 5.65. The lowest BCUT2D eigenvalue weighted by Gasteiger charge is -2.14. The predicted molar refractivity (Wildman–Crippen MR) is 132 cm³/mol. The Morgan fingerprint density at radius 2 is 1.50 bits per heavy atom. The Hall–Kier alpha value is -3.94. The maximum absolute atomic E-state index is 4.92. The van der Waals surface area contributed by atoms with Gasteiger partial charge in [0.05, 0.1) is 16.9 Å². The number of aromatic nitrogens is 8. The average Bonchev–Trinajstić information content (AvgIpc) is 3.47. The molecule has 2 aromatic carbocycles. The highest BCUT2D eigenvalue weighted by atomic mass is 15.5. The number of imidazole rings is 1. The van der Waals surface area contributed by atoms with Crippen LogP contribution in [0.1, 0.15) is 62.3 Å². The summed E-state index contributed by atoms with van der Waals surface area (Å²) in [6, 6.07) is 16.8. The van der Waals surface area contributed by atoms with Crippen LogP contribution >= 0.6 is 0 Å². The summed E-state index contributed by atoms with van der Waals surface area (Å²) in [6.45, 7) is 11.4. The number of tetrazole rings is 1. The molecule has 0 aliphatic carbocycles. The summed E-state index contributed by atoms with van der Waals surface area (Å²) in [5.74, 6) is 2.15. The van der Waals surface area contributed by atoms with Crippen LogP contribution in [0, 0.1) is 6.92 Å². The quantitative estimate of drug-likeness (QED) is 0.376. The fraction of sp³-hybridized carbons (Fsp3) is 0.308. The molecule has 0 aliphatic heterocycles. The molecule has 0 bridgehead atoms. The summed E-state index contributed by atoms with van der Waals surface area (Å²) < 4.78 is 2.27. The van der Waals surface area contributed by atoms with E-state index in [9.17, 15) is 0 Å².